The Morgan fingerprint density at radius 3 is 2.49 bits per heavy atom. The summed E-state index contributed by atoms with van der Waals surface area (Å²) in [7, 11) is 0. The maximum absolute atomic E-state index is 13.6. The van der Waals surface area contributed by atoms with Crippen molar-refractivity contribution in [3.05, 3.63) is 59.9 Å². The van der Waals surface area contributed by atoms with E-state index in [4.69, 9.17) is 9.47 Å². The molecular weight excluding hydrogens is 508 g/mol. The van der Waals surface area contributed by atoms with Crippen LogP contribution in [0, 0.1) is 5.92 Å². The first-order valence-corrected chi connectivity index (χ1v) is 12.7. The third kappa shape index (κ3) is 6.52. The molecule has 1 aromatic carbocycles. The number of ether oxygens (including phenoxy) is 2. The quantitative estimate of drug-likeness (QED) is 0.322. The van der Waals surface area contributed by atoms with Crippen molar-refractivity contribution in [3.63, 3.8) is 0 Å². The van der Waals surface area contributed by atoms with Crippen LogP contribution in [0.2, 0.25) is 0 Å². The summed E-state index contributed by atoms with van der Waals surface area (Å²) < 4.78 is 10.9. The van der Waals surface area contributed by atoms with Crippen LogP contribution in [-0.2, 0) is 30.3 Å². The lowest BCUT2D eigenvalue weighted by Crippen LogP contribution is -2.63. The fourth-order valence-electron chi connectivity index (χ4n) is 4.51. The van der Waals surface area contributed by atoms with Crippen molar-refractivity contribution >= 4 is 23.7 Å². The van der Waals surface area contributed by atoms with E-state index in [2.05, 4.69) is 20.9 Å². The second-order valence-corrected chi connectivity index (χ2v) is 9.78. The van der Waals surface area contributed by atoms with Crippen molar-refractivity contribution in [2.24, 2.45) is 5.92 Å². The van der Waals surface area contributed by atoms with Crippen LogP contribution in [-0.4, -0.2) is 81.9 Å². The molecule has 2 aromatic rings. The number of benzene rings is 1. The molecule has 0 aliphatic carbocycles. The number of hydrogen-bond donors (Lipinski definition) is 5. The highest BCUT2D eigenvalue weighted by Crippen LogP contribution is 2.22. The summed E-state index contributed by atoms with van der Waals surface area (Å²) in [5.74, 6) is -4.38. The maximum Gasteiger partial charge on any atom is 0.312 e. The van der Waals surface area contributed by atoms with E-state index in [1.54, 1.807) is 36.7 Å². The third-order valence-electron chi connectivity index (χ3n) is 6.96. The zero-order valence-electron chi connectivity index (χ0n) is 21.6. The monoisotopic (exact) mass is 540 g/mol. The van der Waals surface area contributed by atoms with E-state index >= 15 is 0 Å². The zero-order chi connectivity index (χ0) is 28.1. The molecule has 2 aliphatic rings. The number of aromatic hydroxyl groups is 1. The summed E-state index contributed by atoms with van der Waals surface area (Å²) in [5.41, 5.74) is 0.622. The molecule has 4 rings (SSSR count). The third-order valence-corrected chi connectivity index (χ3v) is 6.96. The fourth-order valence-corrected chi connectivity index (χ4v) is 4.51. The molecule has 3 amide bonds. The maximum atomic E-state index is 13.6. The standard InChI is InChI=1S/C27H32N4O8/c1-14-22(33)18(12-16-6-5-10-28-13-16)30-25(35)21(31-24(34)17-7-3-4-8-19(17)32)15(2)29-26(36)23(39-27(14)37)20-9-11-38-20/h3-8,10,13-15,18,20-23,32-33H,9,11-12H2,1-2H3,(H,29,36)(H,30,35)(H,31,34)/t14-,15-,18+,20?,21+,22+,23?/m1/s1. The van der Waals surface area contributed by atoms with E-state index in [-0.39, 0.29) is 17.7 Å². The van der Waals surface area contributed by atoms with Crippen molar-refractivity contribution in [2.75, 3.05) is 6.61 Å². The Balaban J connectivity index is 1.67. The number of nitrogens with one attached hydrogen (secondary N) is 3. The number of phenols is 1. The van der Waals surface area contributed by atoms with Crippen molar-refractivity contribution in [3.8, 4) is 5.75 Å². The largest absolute Gasteiger partial charge is 0.507 e. The number of hydrogen-bond acceptors (Lipinski definition) is 9. The number of nitrogens with zero attached hydrogens (tertiary/aromatic N) is 1. The minimum absolute atomic E-state index is 0.0646. The Kier molecular flexibility index (Phi) is 8.77. The van der Waals surface area contributed by atoms with Gasteiger partial charge in [-0.3, -0.25) is 24.2 Å². The molecule has 2 aliphatic heterocycles. The number of aliphatic hydroxyl groups is 1. The number of amides is 3. The molecule has 0 radical (unpaired) electrons. The number of esters is 1. The van der Waals surface area contributed by atoms with E-state index < -0.39 is 66.0 Å². The summed E-state index contributed by atoms with van der Waals surface area (Å²) in [4.78, 5) is 56.8. The minimum Gasteiger partial charge on any atom is -0.507 e. The SMILES string of the molecule is C[C@H]1NC(=O)C(C2CCO2)OC(=O)[C@H](C)[C@H](O)[C@H](Cc2cccnc2)NC(=O)[C@H]1NC(=O)c1ccccc1O. The smallest absolute Gasteiger partial charge is 0.312 e. The number of carbonyl (C=O) groups is 4. The number of pyridine rings is 1. The van der Waals surface area contributed by atoms with Gasteiger partial charge in [0.15, 0.2) is 0 Å². The molecule has 1 aromatic heterocycles. The van der Waals surface area contributed by atoms with E-state index in [9.17, 15) is 29.4 Å². The number of phenolic OH excluding ortho intramolecular Hbond substituents is 1. The van der Waals surface area contributed by atoms with E-state index in [0.29, 0.717) is 18.6 Å². The van der Waals surface area contributed by atoms with Crippen molar-refractivity contribution in [1.29, 1.82) is 0 Å². The summed E-state index contributed by atoms with van der Waals surface area (Å²) in [6.45, 7) is 3.35. The normalized spacial score (nSPS) is 29.9. The summed E-state index contributed by atoms with van der Waals surface area (Å²) in [5, 5.41) is 29.3. The first kappa shape index (κ1) is 28.0. The molecule has 2 unspecified atom stereocenters. The number of aromatic nitrogens is 1. The number of rotatable bonds is 5. The van der Waals surface area contributed by atoms with Gasteiger partial charge in [0.2, 0.25) is 12.0 Å². The highest BCUT2D eigenvalue weighted by atomic mass is 16.6. The first-order chi connectivity index (χ1) is 18.7. The second kappa shape index (κ2) is 12.2. The molecule has 208 valence electrons. The number of cyclic esters (lactones) is 1. The van der Waals surface area contributed by atoms with Gasteiger partial charge in [-0.15, -0.1) is 0 Å². The second-order valence-electron chi connectivity index (χ2n) is 9.78. The Hall–Kier alpha value is -4.03. The van der Waals surface area contributed by atoms with Gasteiger partial charge in [-0.2, -0.15) is 0 Å². The molecule has 39 heavy (non-hydrogen) atoms. The zero-order valence-corrected chi connectivity index (χ0v) is 21.6. The molecule has 12 nitrogen and oxygen atoms in total. The summed E-state index contributed by atoms with van der Waals surface area (Å²) >= 11 is 0. The average Bonchev–Trinajstić information content (AvgIpc) is 2.89. The lowest BCUT2D eigenvalue weighted by Gasteiger charge is -2.37. The average molecular weight is 541 g/mol. The Morgan fingerprint density at radius 1 is 1.10 bits per heavy atom. The van der Waals surface area contributed by atoms with Crippen LogP contribution < -0.4 is 16.0 Å². The van der Waals surface area contributed by atoms with Gasteiger partial charge in [0.1, 0.15) is 17.9 Å². The topological polar surface area (TPSA) is 176 Å². The molecule has 7 atom stereocenters. The van der Waals surface area contributed by atoms with Gasteiger partial charge in [0, 0.05) is 25.4 Å². The lowest BCUT2D eigenvalue weighted by atomic mass is 9.92. The van der Waals surface area contributed by atoms with E-state index in [1.807, 2.05) is 0 Å². The van der Waals surface area contributed by atoms with Crippen LogP contribution in [0.25, 0.3) is 0 Å². The van der Waals surface area contributed by atoms with E-state index in [0.717, 1.165) is 0 Å². The van der Waals surface area contributed by atoms with Gasteiger partial charge in [-0.25, -0.2) is 0 Å². The molecule has 0 spiro atoms. The molecule has 5 N–H and O–H groups in total. The summed E-state index contributed by atoms with van der Waals surface area (Å²) in [6, 6.07) is 6.01. The molecule has 2 fully saturated rings. The molecule has 0 saturated carbocycles. The van der Waals surface area contributed by atoms with Crippen molar-refractivity contribution in [2.45, 2.75) is 63.1 Å². The van der Waals surface area contributed by atoms with Crippen LogP contribution in [0.3, 0.4) is 0 Å². The van der Waals surface area contributed by atoms with Crippen molar-refractivity contribution < 1.29 is 38.9 Å². The highest BCUT2D eigenvalue weighted by molar-refractivity contribution is 6.00. The molecule has 3 heterocycles. The first-order valence-electron chi connectivity index (χ1n) is 12.7. The number of para-hydroxylation sites is 1. The predicted octanol–water partition coefficient (Wildman–Crippen LogP) is -0.171. The number of aliphatic hydroxyl groups excluding tert-OH is 1. The predicted molar refractivity (Wildman–Crippen MR) is 136 cm³/mol. The van der Waals surface area contributed by atoms with Gasteiger partial charge in [0.05, 0.1) is 29.7 Å². The van der Waals surface area contributed by atoms with Gasteiger partial charge in [-0.1, -0.05) is 18.2 Å². The molecule has 12 heteroatoms. The lowest BCUT2D eigenvalue weighted by molar-refractivity contribution is -0.184. The fraction of sp³-hybridized carbons (Fsp3) is 0.444. The van der Waals surface area contributed by atoms with Crippen LogP contribution in [0.5, 0.6) is 5.75 Å². The molecule has 2 saturated heterocycles. The Morgan fingerprint density at radius 2 is 1.85 bits per heavy atom. The van der Waals surface area contributed by atoms with Crippen LogP contribution >= 0.6 is 0 Å². The Labute approximate surface area is 225 Å². The summed E-state index contributed by atoms with van der Waals surface area (Å²) in [6.07, 6.45) is 0.360. The molecule has 0 bridgehead atoms. The van der Waals surface area contributed by atoms with Gasteiger partial charge in [0.25, 0.3) is 11.8 Å². The Bertz CT molecular complexity index is 1210. The number of carbonyl (C=O) groups excluding carboxylic acids is 4. The van der Waals surface area contributed by atoms with Gasteiger partial charge >= 0.3 is 5.97 Å². The van der Waals surface area contributed by atoms with Crippen LogP contribution in [0.1, 0.15) is 36.2 Å². The van der Waals surface area contributed by atoms with Gasteiger partial charge < -0.3 is 35.6 Å². The van der Waals surface area contributed by atoms with E-state index in [1.165, 1.54) is 26.0 Å². The van der Waals surface area contributed by atoms with Gasteiger partial charge in [-0.05, 0) is 44.0 Å². The van der Waals surface area contributed by atoms with Crippen LogP contribution in [0.4, 0.5) is 0 Å². The van der Waals surface area contributed by atoms with Crippen molar-refractivity contribution in [1.82, 2.24) is 20.9 Å². The van der Waals surface area contributed by atoms with Crippen LogP contribution in [0.15, 0.2) is 48.8 Å². The molecular formula is C27H32N4O8. The highest BCUT2D eigenvalue weighted by Gasteiger charge is 2.43. The minimum atomic E-state index is -1.41.